The normalized spacial score (nSPS) is 46.5. The third-order valence-corrected chi connectivity index (χ3v) is 10.4. The number of nitrogens with one attached hydrogen (secondary N) is 1. The van der Waals surface area contributed by atoms with Crippen LogP contribution in [0.1, 0.15) is 91.9 Å². The maximum atomic E-state index is 13.5. The van der Waals surface area contributed by atoms with Gasteiger partial charge in [0.1, 0.15) is 6.10 Å². The van der Waals surface area contributed by atoms with Crippen molar-refractivity contribution in [2.45, 2.75) is 98.0 Å². The van der Waals surface area contributed by atoms with Gasteiger partial charge in [-0.2, -0.15) is 0 Å². The molecule has 0 unspecified atom stereocenters. The molecule has 0 spiro atoms. The average Bonchev–Trinajstić information content (AvgIpc) is 3.07. The van der Waals surface area contributed by atoms with Crippen LogP contribution in [0.15, 0.2) is 0 Å². The molecule has 4 fully saturated rings. The minimum absolute atomic E-state index is 0.0543. The summed E-state index contributed by atoms with van der Waals surface area (Å²) < 4.78 is 0. The Bertz CT molecular complexity index is 677. The Balaban J connectivity index is 1.53. The van der Waals surface area contributed by atoms with E-state index in [4.69, 9.17) is 0 Å². The lowest BCUT2D eigenvalue weighted by atomic mass is 9.43. The SMILES string of the molecule is CCNC(=O)CC[C@H](C)[C@@H]1CC[C@@H]2[C@H]3C(=O)[C@@H](O)[C@H]4CCCC[C@@]4(C)[C@@H]3CC[C@]21C. The number of hydrogen-bond acceptors (Lipinski definition) is 3. The molecule has 170 valence electrons. The maximum absolute atomic E-state index is 13.5. The van der Waals surface area contributed by atoms with Gasteiger partial charge in [0.2, 0.25) is 5.91 Å². The van der Waals surface area contributed by atoms with Crippen molar-refractivity contribution in [3.63, 3.8) is 0 Å². The van der Waals surface area contributed by atoms with Gasteiger partial charge in [0.15, 0.2) is 5.78 Å². The third kappa shape index (κ3) is 3.36. The van der Waals surface area contributed by atoms with Crippen molar-refractivity contribution in [3.05, 3.63) is 0 Å². The topological polar surface area (TPSA) is 66.4 Å². The number of rotatable bonds is 5. The van der Waals surface area contributed by atoms with E-state index in [1.165, 1.54) is 25.7 Å². The number of amides is 1. The number of aliphatic hydroxyl groups is 1. The van der Waals surface area contributed by atoms with Crippen molar-refractivity contribution >= 4 is 11.7 Å². The number of carbonyl (C=O) groups is 2. The van der Waals surface area contributed by atoms with Gasteiger partial charge in [-0.3, -0.25) is 9.59 Å². The third-order valence-electron chi connectivity index (χ3n) is 10.4. The summed E-state index contributed by atoms with van der Waals surface area (Å²) in [6.45, 7) is 9.82. The van der Waals surface area contributed by atoms with Gasteiger partial charge in [-0.1, -0.05) is 33.6 Å². The maximum Gasteiger partial charge on any atom is 0.219 e. The number of ketones is 1. The van der Waals surface area contributed by atoms with E-state index in [2.05, 4.69) is 26.1 Å². The van der Waals surface area contributed by atoms with Crippen LogP contribution >= 0.6 is 0 Å². The van der Waals surface area contributed by atoms with E-state index in [1.807, 2.05) is 6.92 Å². The zero-order valence-corrected chi connectivity index (χ0v) is 19.6. The van der Waals surface area contributed by atoms with Gasteiger partial charge >= 0.3 is 0 Å². The molecule has 4 saturated carbocycles. The molecule has 1 amide bonds. The van der Waals surface area contributed by atoms with Gasteiger partial charge in [-0.05, 0) is 92.3 Å². The van der Waals surface area contributed by atoms with Crippen molar-refractivity contribution in [3.8, 4) is 0 Å². The molecule has 0 aromatic rings. The molecule has 2 N–H and O–H groups in total. The molecule has 0 aliphatic heterocycles. The van der Waals surface area contributed by atoms with Crippen LogP contribution in [0.3, 0.4) is 0 Å². The number of Topliss-reactive ketones (excluding diaryl/α,β-unsaturated/α-hetero) is 1. The van der Waals surface area contributed by atoms with Crippen molar-refractivity contribution < 1.29 is 14.7 Å². The standard InChI is InChI=1S/C26H43NO3/c1-5-27-21(28)12-9-16(2)17-10-11-18-22-19(13-15-26(17,18)4)25(3)14-7-6-8-20(25)23(29)24(22)30/h16-20,22-23,29H,5-15H2,1-4H3,(H,27,28)/t16-,17-,18+,19+,20+,22+,23-,25-,26-/m0/s1. The Kier molecular flexibility index (Phi) is 6.11. The van der Waals surface area contributed by atoms with E-state index in [0.29, 0.717) is 36.6 Å². The van der Waals surface area contributed by atoms with E-state index in [1.54, 1.807) is 0 Å². The second-order valence-corrected chi connectivity index (χ2v) is 11.6. The molecule has 0 bridgehead atoms. The molecule has 0 saturated heterocycles. The highest BCUT2D eigenvalue weighted by Gasteiger charge is 2.64. The summed E-state index contributed by atoms with van der Waals surface area (Å²) in [5.41, 5.74) is 0.314. The molecule has 4 aliphatic rings. The molecule has 4 aliphatic carbocycles. The molecule has 0 heterocycles. The molecule has 9 atom stereocenters. The van der Waals surface area contributed by atoms with Gasteiger partial charge < -0.3 is 10.4 Å². The smallest absolute Gasteiger partial charge is 0.219 e. The van der Waals surface area contributed by atoms with Gasteiger partial charge in [0.25, 0.3) is 0 Å². The Morgan fingerprint density at radius 2 is 1.80 bits per heavy atom. The van der Waals surface area contributed by atoms with Crippen LogP contribution in [0.25, 0.3) is 0 Å². The summed E-state index contributed by atoms with van der Waals surface area (Å²) in [7, 11) is 0. The summed E-state index contributed by atoms with van der Waals surface area (Å²) in [5.74, 6) is 2.53. The van der Waals surface area contributed by atoms with Crippen LogP contribution in [-0.2, 0) is 9.59 Å². The van der Waals surface area contributed by atoms with Gasteiger partial charge in [-0.25, -0.2) is 0 Å². The number of hydrogen-bond donors (Lipinski definition) is 2. The largest absolute Gasteiger partial charge is 0.385 e. The first kappa shape index (κ1) is 22.3. The van der Waals surface area contributed by atoms with E-state index >= 15 is 0 Å². The van der Waals surface area contributed by atoms with Crippen LogP contribution in [0, 0.1) is 46.3 Å². The van der Waals surface area contributed by atoms with Crippen molar-refractivity contribution in [2.75, 3.05) is 6.54 Å². The predicted octanol–water partition coefficient (Wildman–Crippen LogP) is 4.74. The second kappa shape index (κ2) is 8.22. The molecule has 0 aromatic heterocycles. The molecule has 4 rings (SSSR count). The Hall–Kier alpha value is -0.900. The quantitative estimate of drug-likeness (QED) is 0.679. The number of carbonyl (C=O) groups excluding carboxylic acids is 2. The Morgan fingerprint density at radius 3 is 2.53 bits per heavy atom. The van der Waals surface area contributed by atoms with Crippen LogP contribution in [-0.4, -0.2) is 29.4 Å². The monoisotopic (exact) mass is 417 g/mol. The van der Waals surface area contributed by atoms with Crippen LogP contribution in [0.2, 0.25) is 0 Å². The highest BCUT2D eigenvalue weighted by atomic mass is 16.3. The van der Waals surface area contributed by atoms with Crippen molar-refractivity contribution in [1.82, 2.24) is 5.32 Å². The van der Waals surface area contributed by atoms with Crippen molar-refractivity contribution in [2.24, 2.45) is 46.3 Å². The van der Waals surface area contributed by atoms with E-state index in [-0.39, 0.29) is 34.4 Å². The zero-order chi connectivity index (χ0) is 21.7. The molecule has 4 heteroatoms. The second-order valence-electron chi connectivity index (χ2n) is 11.6. The fraction of sp³-hybridized carbons (Fsp3) is 0.923. The zero-order valence-electron chi connectivity index (χ0n) is 19.6. The van der Waals surface area contributed by atoms with Crippen LogP contribution < -0.4 is 5.32 Å². The Morgan fingerprint density at radius 1 is 1.07 bits per heavy atom. The lowest BCUT2D eigenvalue weighted by Gasteiger charge is -2.61. The average molecular weight is 418 g/mol. The highest BCUT2D eigenvalue weighted by molar-refractivity contribution is 5.87. The molecule has 0 aromatic carbocycles. The lowest BCUT2D eigenvalue weighted by molar-refractivity contribution is -0.178. The van der Waals surface area contributed by atoms with Gasteiger partial charge in [0, 0.05) is 18.9 Å². The summed E-state index contributed by atoms with van der Waals surface area (Å²) in [5, 5.41) is 14.0. The number of aliphatic hydroxyl groups excluding tert-OH is 1. The Labute approximate surface area is 183 Å². The molecule has 4 nitrogen and oxygen atoms in total. The molecule has 0 radical (unpaired) electrons. The van der Waals surface area contributed by atoms with Gasteiger partial charge in [-0.15, -0.1) is 0 Å². The fourth-order valence-electron chi connectivity index (χ4n) is 8.86. The van der Waals surface area contributed by atoms with Crippen LogP contribution in [0.5, 0.6) is 0 Å². The minimum Gasteiger partial charge on any atom is -0.385 e. The summed E-state index contributed by atoms with van der Waals surface area (Å²) in [6.07, 6.45) is 10.0. The van der Waals surface area contributed by atoms with Gasteiger partial charge in [0.05, 0.1) is 0 Å². The number of fused-ring (bicyclic) bond motifs is 5. The highest BCUT2D eigenvalue weighted by Crippen LogP contribution is 2.67. The summed E-state index contributed by atoms with van der Waals surface area (Å²) >= 11 is 0. The first-order chi connectivity index (χ1) is 14.2. The molecular weight excluding hydrogens is 374 g/mol. The first-order valence-corrected chi connectivity index (χ1v) is 12.7. The van der Waals surface area contributed by atoms with E-state index in [0.717, 1.165) is 32.1 Å². The minimum atomic E-state index is -0.742. The van der Waals surface area contributed by atoms with E-state index < -0.39 is 6.10 Å². The predicted molar refractivity (Wildman–Crippen MR) is 119 cm³/mol. The fourth-order valence-corrected chi connectivity index (χ4v) is 8.86. The first-order valence-electron chi connectivity index (χ1n) is 12.7. The lowest BCUT2D eigenvalue weighted by Crippen LogP contribution is -2.61. The summed E-state index contributed by atoms with van der Waals surface area (Å²) in [6, 6.07) is 0. The van der Waals surface area contributed by atoms with Crippen LogP contribution in [0.4, 0.5) is 0 Å². The van der Waals surface area contributed by atoms with E-state index in [9.17, 15) is 14.7 Å². The molecule has 30 heavy (non-hydrogen) atoms. The molecular formula is C26H43NO3. The summed E-state index contributed by atoms with van der Waals surface area (Å²) in [4.78, 5) is 25.5. The van der Waals surface area contributed by atoms with Crippen molar-refractivity contribution in [1.29, 1.82) is 0 Å².